The number of hydrogen-bond donors (Lipinski definition) is 1. The minimum Gasteiger partial charge on any atom is -0.278 e. The predicted octanol–water partition coefficient (Wildman–Crippen LogP) is 3.77. The van der Waals surface area contributed by atoms with Crippen LogP contribution >= 0.6 is 11.6 Å². The fourth-order valence-corrected chi connectivity index (χ4v) is 5.11. The number of benzene rings is 2. The van der Waals surface area contributed by atoms with Crippen molar-refractivity contribution < 1.29 is 16.8 Å². The van der Waals surface area contributed by atoms with E-state index in [0.29, 0.717) is 0 Å². The van der Waals surface area contributed by atoms with Crippen molar-refractivity contribution in [1.29, 1.82) is 0 Å². The molecule has 0 aliphatic heterocycles. The van der Waals surface area contributed by atoms with Crippen LogP contribution in [0.15, 0.2) is 86.9 Å². The van der Waals surface area contributed by atoms with Crippen molar-refractivity contribution in [1.82, 2.24) is 4.98 Å². The Labute approximate surface area is 166 Å². The van der Waals surface area contributed by atoms with E-state index in [1.165, 1.54) is 54.7 Å². The van der Waals surface area contributed by atoms with Gasteiger partial charge in [-0.3, -0.25) is 9.71 Å². The highest BCUT2D eigenvalue weighted by molar-refractivity contribution is 7.93. The van der Waals surface area contributed by atoms with Crippen LogP contribution in [0.5, 0.6) is 0 Å². The maximum atomic E-state index is 12.9. The van der Waals surface area contributed by atoms with Crippen LogP contribution in [0.3, 0.4) is 0 Å². The van der Waals surface area contributed by atoms with E-state index >= 15 is 0 Å². The molecule has 144 valence electrons. The van der Waals surface area contributed by atoms with Crippen LogP contribution in [0.25, 0.3) is 0 Å². The third kappa shape index (κ3) is 4.03. The summed E-state index contributed by atoms with van der Waals surface area (Å²) in [5.74, 6) is 0. The van der Waals surface area contributed by atoms with Crippen LogP contribution in [-0.4, -0.2) is 21.8 Å². The third-order valence-electron chi connectivity index (χ3n) is 3.67. The first-order valence-corrected chi connectivity index (χ1v) is 11.0. The lowest BCUT2D eigenvalue weighted by Crippen LogP contribution is -2.15. The zero-order valence-corrected chi connectivity index (χ0v) is 16.4. The van der Waals surface area contributed by atoms with Crippen molar-refractivity contribution in [3.63, 3.8) is 0 Å². The van der Waals surface area contributed by atoms with E-state index < -0.39 is 19.9 Å². The molecule has 0 unspecified atom stereocenters. The number of pyridine rings is 1. The van der Waals surface area contributed by atoms with Gasteiger partial charge in [-0.2, -0.15) is 0 Å². The predicted molar refractivity (Wildman–Crippen MR) is 104 cm³/mol. The Morgan fingerprint density at radius 2 is 1.64 bits per heavy atom. The SMILES string of the molecule is O=Nc1ccc(S(=O)(=O)Nc2ccc(Cl)cc2S(=O)(=O)c2cccnc2)cc1. The van der Waals surface area contributed by atoms with Crippen LogP contribution in [-0.2, 0) is 19.9 Å². The van der Waals surface area contributed by atoms with Gasteiger partial charge in [0.05, 0.1) is 20.4 Å². The van der Waals surface area contributed by atoms with Gasteiger partial charge >= 0.3 is 0 Å². The summed E-state index contributed by atoms with van der Waals surface area (Å²) in [6, 6.07) is 11.4. The minimum atomic E-state index is -4.13. The van der Waals surface area contributed by atoms with Crippen molar-refractivity contribution >= 4 is 42.8 Å². The van der Waals surface area contributed by atoms with Crippen LogP contribution in [0.4, 0.5) is 11.4 Å². The van der Waals surface area contributed by atoms with Crippen LogP contribution in [0.1, 0.15) is 0 Å². The van der Waals surface area contributed by atoms with Gasteiger partial charge in [0.15, 0.2) is 0 Å². The zero-order chi connectivity index (χ0) is 20.4. The second kappa shape index (κ2) is 7.66. The molecule has 0 spiro atoms. The summed E-state index contributed by atoms with van der Waals surface area (Å²) < 4.78 is 53.4. The molecule has 8 nitrogen and oxygen atoms in total. The Kier molecular flexibility index (Phi) is 5.45. The minimum absolute atomic E-state index is 0.0605. The molecule has 28 heavy (non-hydrogen) atoms. The lowest BCUT2D eigenvalue weighted by molar-refractivity contribution is 0.596. The Morgan fingerprint density at radius 1 is 0.929 bits per heavy atom. The maximum Gasteiger partial charge on any atom is 0.261 e. The van der Waals surface area contributed by atoms with Crippen molar-refractivity contribution in [3.8, 4) is 0 Å². The highest BCUT2D eigenvalue weighted by atomic mass is 35.5. The average Bonchev–Trinajstić information content (AvgIpc) is 2.70. The summed E-state index contributed by atoms with van der Waals surface area (Å²) in [6.45, 7) is 0. The lowest BCUT2D eigenvalue weighted by atomic mass is 10.3. The molecule has 0 atom stereocenters. The Bertz CT molecular complexity index is 1230. The summed E-state index contributed by atoms with van der Waals surface area (Å²) in [6.07, 6.45) is 2.57. The molecule has 2 aromatic carbocycles. The molecule has 0 radical (unpaired) electrons. The number of sulfone groups is 1. The van der Waals surface area contributed by atoms with Crippen LogP contribution in [0.2, 0.25) is 5.02 Å². The van der Waals surface area contributed by atoms with Gasteiger partial charge in [0.1, 0.15) is 5.69 Å². The number of nitroso groups, excluding NO2 is 1. The molecule has 3 aromatic rings. The molecule has 0 saturated carbocycles. The van der Waals surface area contributed by atoms with E-state index in [-0.39, 0.29) is 31.1 Å². The third-order valence-corrected chi connectivity index (χ3v) is 7.07. The summed E-state index contributed by atoms with van der Waals surface area (Å²) >= 11 is 5.93. The molecule has 11 heteroatoms. The first-order chi connectivity index (χ1) is 13.2. The van der Waals surface area contributed by atoms with Crippen molar-refractivity contribution in [3.05, 3.63) is 76.9 Å². The average molecular weight is 438 g/mol. The second-order valence-corrected chi connectivity index (χ2v) is 9.56. The van der Waals surface area contributed by atoms with Gasteiger partial charge in [-0.15, -0.1) is 4.91 Å². The van der Waals surface area contributed by atoms with E-state index in [1.807, 2.05) is 0 Å². The summed E-state index contributed by atoms with van der Waals surface area (Å²) in [5, 5.41) is 2.82. The fourth-order valence-electron chi connectivity index (χ4n) is 2.33. The second-order valence-electron chi connectivity index (χ2n) is 5.52. The van der Waals surface area contributed by atoms with Gasteiger partial charge in [-0.05, 0) is 59.8 Å². The highest BCUT2D eigenvalue weighted by Crippen LogP contribution is 2.31. The first-order valence-electron chi connectivity index (χ1n) is 7.65. The quantitative estimate of drug-likeness (QED) is 0.585. The molecular formula is C17H12ClN3O5S2. The van der Waals surface area contributed by atoms with Gasteiger partial charge < -0.3 is 0 Å². The largest absolute Gasteiger partial charge is 0.278 e. The maximum absolute atomic E-state index is 12.9. The van der Waals surface area contributed by atoms with E-state index in [0.717, 1.165) is 12.3 Å². The molecular weight excluding hydrogens is 426 g/mol. The molecule has 3 rings (SSSR count). The van der Waals surface area contributed by atoms with E-state index in [9.17, 15) is 21.7 Å². The van der Waals surface area contributed by atoms with Crippen molar-refractivity contribution in [2.45, 2.75) is 14.7 Å². The number of sulfonamides is 1. The standard InChI is InChI=1S/C17H12ClN3O5S2/c18-12-3-8-16(17(10-12)27(23,24)15-2-1-9-19-11-15)21-28(25,26)14-6-4-13(20-22)5-7-14/h1-11,21H. The zero-order valence-electron chi connectivity index (χ0n) is 14.0. The molecule has 0 aliphatic carbocycles. The molecule has 1 N–H and O–H groups in total. The van der Waals surface area contributed by atoms with Gasteiger partial charge in [0.2, 0.25) is 9.84 Å². The highest BCUT2D eigenvalue weighted by Gasteiger charge is 2.25. The van der Waals surface area contributed by atoms with Gasteiger partial charge in [0, 0.05) is 17.4 Å². The monoisotopic (exact) mass is 437 g/mol. The lowest BCUT2D eigenvalue weighted by Gasteiger charge is -2.13. The normalized spacial score (nSPS) is 11.8. The smallest absolute Gasteiger partial charge is 0.261 e. The first kappa shape index (κ1) is 19.9. The molecule has 0 bridgehead atoms. The number of rotatable bonds is 6. The molecule has 1 heterocycles. The van der Waals surface area contributed by atoms with E-state index in [4.69, 9.17) is 11.6 Å². The van der Waals surface area contributed by atoms with Crippen molar-refractivity contribution in [2.24, 2.45) is 5.18 Å². The number of halogens is 1. The number of nitrogens with zero attached hydrogens (tertiary/aromatic N) is 2. The van der Waals surface area contributed by atoms with Gasteiger partial charge in [-0.25, -0.2) is 16.8 Å². The number of hydrogen-bond acceptors (Lipinski definition) is 7. The van der Waals surface area contributed by atoms with E-state index in [1.54, 1.807) is 0 Å². The summed E-state index contributed by atoms with van der Waals surface area (Å²) in [4.78, 5) is 13.7. The van der Waals surface area contributed by atoms with Crippen LogP contribution < -0.4 is 4.72 Å². The molecule has 0 fully saturated rings. The number of anilines is 1. The number of nitrogens with one attached hydrogen (secondary N) is 1. The Hall–Kier alpha value is -2.82. The van der Waals surface area contributed by atoms with Gasteiger partial charge in [-0.1, -0.05) is 11.6 Å². The topological polar surface area (TPSA) is 123 Å². The molecule has 0 amide bonds. The fraction of sp³-hybridized carbons (Fsp3) is 0. The Balaban J connectivity index is 2.07. The molecule has 1 aromatic heterocycles. The Morgan fingerprint density at radius 3 is 2.25 bits per heavy atom. The molecule has 0 aliphatic rings. The number of aromatic nitrogens is 1. The van der Waals surface area contributed by atoms with Crippen molar-refractivity contribution in [2.75, 3.05) is 4.72 Å². The van der Waals surface area contributed by atoms with Gasteiger partial charge in [0.25, 0.3) is 10.0 Å². The molecule has 0 saturated heterocycles. The summed E-state index contributed by atoms with van der Waals surface area (Å²) in [5.41, 5.74) is -0.115. The van der Waals surface area contributed by atoms with Crippen LogP contribution in [0, 0.1) is 4.91 Å². The summed E-state index contributed by atoms with van der Waals surface area (Å²) in [7, 11) is -8.22. The van der Waals surface area contributed by atoms with E-state index in [2.05, 4.69) is 14.9 Å².